The predicted octanol–water partition coefficient (Wildman–Crippen LogP) is 4.36. The van der Waals surface area contributed by atoms with Gasteiger partial charge in [0.05, 0.1) is 18.4 Å². The van der Waals surface area contributed by atoms with Crippen LogP contribution in [0.4, 0.5) is 5.69 Å². The maximum absolute atomic E-state index is 12.9. The quantitative estimate of drug-likeness (QED) is 0.279. The van der Waals surface area contributed by atoms with Gasteiger partial charge in [-0.15, -0.1) is 0 Å². The second-order valence-electron chi connectivity index (χ2n) is 8.65. The fourth-order valence-electron chi connectivity index (χ4n) is 5.39. The molecule has 3 amide bonds. The summed E-state index contributed by atoms with van der Waals surface area (Å²) in [6, 6.07) is 7.32. The number of hydrogen-bond donors (Lipinski definition) is 1. The highest BCUT2D eigenvalue weighted by Gasteiger charge is 2.66. The molecule has 0 unspecified atom stereocenters. The Kier molecular flexibility index (Phi) is 7.06. The number of carbonyl (C=O) groups excluding carboxylic acids is 3. The zero-order valence-corrected chi connectivity index (χ0v) is 20.7. The van der Waals surface area contributed by atoms with Crippen molar-refractivity contribution in [2.24, 2.45) is 23.7 Å². The molecule has 6 nitrogen and oxygen atoms in total. The summed E-state index contributed by atoms with van der Waals surface area (Å²) >= 11 is 7.42. The summed E-state index contributed by atoms with van der Waals surface area (Å²) in [5.41, 5.74) is 0.748. The van der Waals surface area contributed by atoms with Gasteiger partial charge in [0.25, 0.3) is 0 Å². The van der Waals surface area contributed by atoms with E-state index in [4.69, 9.17) is 4.74 Å². The van der Waals surface area contributed by atoms with Gasteiger partial charge in [0.2, 0.25) is 17.7 Å². The number of fused-ring (bicyclic) bond motifs is 5. The summed E-state index contributed by atoms with van der Waals surface area (Å²) in [7, 11) is 0. The van der Waals surface area contributed by atoms with Gasteiger partial charge >= 0.3 is 0 Å². The summed E-state index contributed by atoms with van der Waals surface area (Å²) in [6.07, 6.45) is 3.64. The summed E-state index contributed by atoms with van der Waals surface area (Å²) in [6.45, 7) is 3.00. The molecule has 0 spiro atoms. The SMILES string of the molecule is CCOc1ccc(NC(=O)CCCCCN2C(=O)[C@@H]3[C@H]4C[C@@H]([C@H](Br)[C@H]4Br)[C@@H]3C2=O)cc1. The van der Waals surface area contributed by atoms with Crippen molar-refractivity contribution in [1.82, 2.24) is 4.90 Å². The Balaban J connectivity index is 1.18. The van der Waals surface area contributed by atoms with Gasteiger partial charge in [0.1, 0.15) is 5.75 Å². The van der Waals surface area contributed by atoms with E-state index in [0.29, 0.717) is 19.6 Å². The maximum Gasteiger partial charge on any atom is 0.233 e. The van der Waals surface area contributed by atoms with Gasteiger partial charge in [-0.2, -0.15) is 0 Å². The zero-order valence-electron chi connectivity index (χ0n) is 17.6. The van der Waals surface area contributed by atoms with Crippen LogP contribution in [0.3, 0.4) is 0 Å². The summed E-state index contributed by atoms with van der Waals surface area (Å²) < 4.78 is 5.40. The molecule has 1 N–H and O–H groups in total. The largest absolute Gasteiger partial charge is 0.494 e. The zero-order chi connectivity index (χ0) is 22.1. The van der Waals surface area contributed by atoms with E-state index >= 15 is 0 Å². The highest BCUT2D eigenvalue weighted by molar-refractivity contribution is 9.12. The van der Waals surface area contributed by atoms with Crippen molar-refractivity contribution in [3.8, 4) is 5.75 Å². The normalized spacial score (nSPS) is 31.3. The van der Waals surface area contributed by atoms with Gasteiger partial charge in [0, 0.05) is 28.3 Å². The lowest BCUT2D eigenvalue weighted by atomic mass is 9.81. The molecule has 1 heterocycles. The lowest BCUT2D eigenvalue weighted by molar-refractivity contribution is -0.140. The average molecular weight is 556 g/mol. The molecule has 6 atom stereocenters. The lowest BCUT2D eigenvalue weighted by Crippen LogP contribution is -2.37. The highest BCUT2D eigenvalue weighted by atomic mass is 79.9. The number of alkyl halides is 2. The number of anilines is 1. The number of amides is 3. The predicted molar refractivity (Wildman–Crippen MR) is 125 cm³/mol. The van der Waals surface area contributed by atoms with E-state index in [0.717, 1.165) is 37.1 Å². The minimum absolute atomic E-state index is 0.0135. The minimum atomic E-state index is -0.143. The first kappa shape index (κ1) is 22.8. The van der Waals surface area contributed by atoms with Gasteiger partial charge in [-0.25, -0.2) is 0 Å². The van der Waals surface area contributed by atoms with Gasteiger partial charge in [-0.3, -0.25) is 19.3 Å². The molecule has 3 fully saturated rings. The van der Waals surface area contributed by atoms with Gasteiger partial charge in [-0.1, -0.05) is 38.3 Å². The van der Waals surface area contributed by atoms with Gasteiger partial charge in [0.15, 0.2) is 0 Å². The second kappa shape index (κ2) is 9.61. The van der Waals surface area contributed by atoms with E-state index in [2.05, 4.69) is 37.2 Å². The van der Waals surface area contributed by atoms with Crippen molar-refractivity contribution < 1.29 is 19.1 Å². The fraction of sp³-hybridized carbons (Fsp3) is 0.609. The first-order valence-corrected chi connectivity index (χ1v) is 12.9. The molecular formula is C23H28Br2N2O4. The summed E-state index contributed by atoms with van der Waals surface area (Å²) in [4.78, 5) is 39.9. The smallest absolute Gasteiger partial charge is 0.233 e. The molecule has 1 aliphatic heterocycles. The van der Waals surface area contributed by atoms with Crippen molar-refractivity contribution in [3.05, 3.63) is 24.3 Å². The van der Waals surface area contributed by atoms with Crippen LogP contribution in [-0.2, 0) is 14.4 Å². The number of ether oxygens (including phenoxy) is 1. The molecule has 2 bridgehead atoms. The molecule has 1 aromatic carbocycles. The third kappa shape index (κ3) is 4.42. The van der Waals surface area contributed by atoms with E-state index in [9.17, 15) is 14.4 Å². The Morgan fingerprint density at radius 1 is 1.03 bits per heavy atom. The van der Waals surface area contributed by atoms with Crippen LogP contribution in [-0.4, -0.2) is 45.4 Å². The molecule has 4 rings (SSSR count). The van der Waals surface area contributed by atoms with Crippen molar-refractivity contribution in [2.45, 2.75) is 48.7 Å². The molecule has 3 aliphatic rings. The Labute approximate surface area is 199 Å². The van der Waals surface area contributed by atoms with Crippen LogP contribution in [0.5, 0.6) is 5.75 Å². The Hall–Kier alpha value is -1.41. The minimum Gasteiger partial charge on any atom is -0.494 e. The van der Waals surface area contributed by atoms with Crippen LogP contribution in [0, 0.1) is 23.7 Å². The third-order valence-corrected chi connectivity index (χ3v) is 10.0. The number of nitrogens with zero attached hydrogens (tertiary/aromatic N) is 1. The standard InChI is InChI=1S/C23H28Br2N2O4/c1-2-31-14-9-7-13(8-10-14)26-17(28)6-4-3-5-11-27-22(29)18-15-12-16(19(18)23(27)30)21(25)20(15)24/h7-10,15-16,18-21H,2-6,11-12H2,1H3,(H,26,28)/t15-,16-,18-,19+,20+,21+/m1/s1. The summed E-state index contributed by atoms with van der Waals surface area (Å²) in [5.74, 6) is 1.00. The highest BCUT2D eigenvalue weighted by Crippen LogP contribution is 2.60. The Morgan fingerprint density at radius 2 is 1.65 bits per heavy atom. The van der Waals surface area contributed by atoms with Crippen molar-refractivity contribution >= 4 is 55.3 Å². The van der Waals surface area contributed by atoms with Gasteiger partial charge < -0.3 is 10.1 Å². The van der Waals surface area contributed by atoms with Crippen LogP contribution in [0.25, 0.3) is 0 Å². The number of rotatable bonds is 9. The van der Waals surface area contributed by atoms with Gasteiger partial charge in [-0.05, 0) is 62.3 Å². The molecule has 1 aromatic rings. The van der Waals surface area contributed by atoms with Crippen LogP contribution < -0.4 is 10.1 Å². The number of benzene rings is 1. The third-order valence-electron chi connectivity index (χ3n) is 6.81. The molecule has 168 valence electrons. The number of halogens is 2. The van der Waals surface area contributed by atoms with E-state index < -0.39 is 0 Å². The van der Waals surface area contributed by atoms with E-state index in [1.807, 2.05) is 31.2 Å². The van der Waals surface area contributed by atoms with Crippen molar-refractivity contribution in [2.75, 3.05) is 18.5 Å². The van der Waals surface area contributed by atoms with E-state index in [1.165, 1.54) is 4.90 Å². The number of likely N-dealkylation sites (tertiary alicyclic amines) is 1. The molecular weight excluding hydrogens is 528 g/mol. The number of imide groups is 1. The van der Waals surface area contributed by atoms with Crippen LogP contribution in [0.1, 0.15) is 39.0 Å². The van der Waals surface area contributed by atoms with Crippen molar-refractivity contribution in [1.29, 1.82) is 0 Å². The van der Waals surface area contributed by atoms with Crippen LogP contribution >= 0.6 is 31.9 Å². The number of unbranched alkanes of at least 4 members (excludes halogenated alkanes) is 2. The monoisotopic (exact) mass is 554 g/mol. The number of carbonyl (C=O) groups is 3. The van der Waals surface area contributed by atoms with Crippen LogP contribution in [0.2, 0.25) is 0 Å². The second-order valence-corrected chi connectivity index (χ2v) is 10.8. The number of hydrogen-bond acceptors (Lipinski definition) is 4. The summed E-state index contributed by atoms with van der Waals surface area (Å²) in [5, 5.41) is 2.89. The molecule has 8 heteroatoms. The fourth-order valence-corrected chi connectivity index (χ4v) is 7.26. The number of nitrogens with one attached hydrogen (secondary N) is 1. The van der Waals surface area contributed by atoms with E-state index in [1.54, 1.807) is 0 Å². The molecule has 31 heavy (non-hydrogen) atoms. The van der Waals surface area contributed by atoms with Crippen molar-refractivity contribution in [3.63, 3.8) is 0 Å². The molecule has 2 saturated carbocycles. The first-order chi connectivity index (χ1) is 14.9. The van der Waals surface area contributed by atoms with E-state index in [-0.39, 0.29) is 51.0 Å². The Bertz CT molecular complexity index is 814. The maximum atomic E-state index is 12.9. The Morgan fingerprint density at radius 3 is 2.23 bits per heavy atom. The molecule has 1 saturated heterocycles. The topological polar surface area (TPSA) is 75.7 Å². The molecule has 2 aliphatic carbocycles. The van der Waals surface area contributed by atoms with Crippen LogP contribution in [0.15, 0.2) is 24.3 Å². The lowest BCUT2D eigenvalue weighted by Gasteiger charge is -2.28. The molecule has 0 aromatic heterocycles. The average Bonchev–Trinajstić information content (AvgIpc) is 3.35. The molecule has 0 radical (unpaired) electrons. The first-order valence-electron chi connectivity index (χ1n) is 11.1.